The van der Waals surface area contributed by atoms with Gasteiger partial charge in [-0.05, 0) is 42.2 Å². The standard InChI is InChI=1S/C23H29N3O3/c1-2-11-24-22(28)17-8-5-9-18(13-17)23(29)25-14-19-6-3-4-7-20(19)15-26-12-10-21(27)16-26/h3-9,13,21,27H,2,10-12,14-16H2,1H3,(H,24,28)(H,25,29)/t21-/m1/s1. The quantitative estimate of drug-likeness (QED) is 0.641. The van der Waals surface area contributed by atoms with Crippen molar-refractivity contribution in [3.63, 3.8) is 0 Å². The lowest BCUT2D eigenvalue weighted by atomic mass is 10.1. The molecular formula is C23H29N3O3. The van der Waals surface area contributed by atoms with Gasteiger partial charge in [0.05, 0.1) is 6.10 Å². The zero-order chi connectivity index (χ0) is 20.6. The van der Waals surface area contributed by atoms with Crippen LogP contribution in [0.5, 0.6) is 0 Å². The number of hydrogen-bond donors (Lipinski definition) is 3. The number of rotatable bonds is 8. The zero-order valence-electron chi connectivity index (χ0n) is 16.9. The van der Waals surface area contributed by atoms with Crippen LogP contribution in [0, 0.1) is 0 Å². The lowest BCUT2D eigenvalue weighted by molar-refractivity contribution is 0.0950. The van der Waals surface area contributed by atoms with Crippen LogP contribution in [-0.2, 0) is 13.1 Å². The van der Waals surface area contributed by atoms with Gasteiger partial charge in [-0.1, -0.05) is 37.3 Å². The van der Waals surface area contributed by atoms with Crippen molar-refractivity contribution in [3.8, 4) is 0 Å². The van der Waals surface area contributed by atoms with Crippen molar-refractivity contribution < 1.29 is 14.7 Å². The number of aliphatic hydroxyl groups is 1. The summed E-state index contributed by atoms with van der Waals surface area (Å²) in [6.07, 6.45) is 1.42. The first kappa shape index (κ1) is 21.0. The highest BCUT2D eigenvalue weighted by molar-refractivity contribution is 5.99. The number of nitrogens with zero attached hydrogens (tertiary/aromatic N) is 1. The molecule has 6 heteroatoms. The van der Waals surface area contributed by atoms with Crippen molar-refractivity contribution in [1.29, 1.82) is 0 Å². The molecule has 1 aliphatic rings. The van der Waals surface area contributed by atoms with Gasteiger partial charge >= 0.3 is 0 Å². The average molecular weight is 396 g/mol. The molecule has 2 aromatic rings. The molecule has 0 unspecified atom stereocenters. The molecule has 3 rings (SSSR count). The van der Waals surface area contributed by atoms with E-state index in [1.165, 1.54) is 0 Å². The second-order valence-corrected chi connectivity index (χ2v) is 7.47. The van der Waals surface area contributed by atoms with Crippen LogP contribution in [0.15, 0.2) is 48.5 Å². The monoisotopic (exact) mass is 395 g/mol. The van der Waals surface area contributed by atoms with Gasteiger partial charge < -0.3 is 15.7 Å². The minimum atomic E-state index is -0.247. The molecule has 0 radical (unpaired) electrons. The lowest BCUT2D eigenvalue weighted by Crippen LogP contribution is -2.27. The molecule has 2 amide bonds. The van der Waals surface area contributed by atoms with Gasteiger partial charge in [0.15, 0.2) is 0 Å². The van der Waals surface area contributed by atoms with Crippen LogP contribution < -0.4 is 10.6 Å². The van der Waals surface area contributed by atoms with E-state index < -0.39 is 0 Å². The topological polar surface area (TPSA) is 81.7 Å². The highest BCUT2D eigenvalue weighted by atomic mass is 16.3. The summed E-state index contributed by atoms with van der Waals surface area (Å²) in [6, 6.07) is 14.8. The van der Waals surface area contributed by atoms with E-state index in [0.29, 0.717) is 30.8 Å². The van der Waals surface area contributed by atoms with E-state index in [9.17, 15) is 14.7 Å². The Hall–Kier alpha value is -2.70. The van der Waals surface area contributed by atoms with Crippen LogP contribution in [0.1, 0.15) is 51.6 Å². The molecule has 3 N–H and O–H groups in total. The first-order valence-electron chi connectivity index (χ1n) is 10.2. The number of amides is 2. The minimum absolute atomic E-state index is 0.167. The van der Waals surface area contributed by atoms with Gasteiger partial charge in [-0.2, -0.15) is 0 Å². The molecule has 0 bridgehead atoms. The smallest absolute Gasteiger partial charge is 0.251 e. The second kappa shape index (κ2) is 10.2. The third-order valence-electron chi connectivity index (χ3n) is 5.12. The maximum Gasteiger partial charge on any atom is 0.251 e. The number of nitrogens with one attached hydrogen (secondary N) is 2. The van der Waals surface area contributed by atoms with Gasteiger partial charge in [-0.15, -0.1) is 0 Å². The van der Waals surface area contributed by atoms with Gasteiger partial charge in [0.2, 0.25) is 0 Å². The maximum atomic E-state index is 12.6. The third-order valence-corrected chi connectivity index (χ3v) is 5.12. The van der Waals surface area contributed by atoms with E-state index in [1.807, 2.05) is 25.1 Å². The van der Waals surface area contributed by atoms with Crippen molar-refractivity contribution in [3.05, 3.63) is 70.8 Å². The maximum absolute atomic E-state index is 12.6. The minimum Gasteiger partial charge on any atom is -0.392 e. The molecule has 0 spiro atoms. The summed E-state index contributed by atoms with van der Waals surface area (Å²) in [7, 11) is 0. The predicted octanol–water partition coefficient (Wildman–Crippen LogP) is 2.32. The van der Waals surface area contributed by atoms with Gasteiger partial charge in [0.1, 0.15) is 0 Å². The Balaban J connectivity index is 1.62. The lowest BCUT2D eigenvalue weighted by Gasteiger charge is -2.18. The van der Waals surface area contributed by atoms with Crippen LogP contribution in [0.3, 0.4) is 0 Å². The first-order chi connectivity index (χ1) is 14.1. The van der Waals surface area contributed by atoms with Crippen molar-refractivity contribution in [2.24, 2.45) is 0 Å². The summed E-state index contributed by atoms with van der Waals surface area (Å²) < 4.78 is 0. The predicted molar refractivity (Wildman–Crippen MR) is 113 cm³/mol. The highest BCUT2D eigenvalue weighted by Crippen LogP contribution is 2.17. The molecule has 0 saturated carbocycles. The first-order valence-corrected chi connectivity index (χ1v) is 10.2. The van der Waals surface area contributed by atoms with Gasteiger partial charge in [0.25, 0.3) is 11.8 Å². The van der Waals surface area contributed by atoms with Crippen molar-refractivity contribution >= 4 is 11.8 Å². The Labute approximate surface area is 171 Å². The fraction of sp³-hybridized carbons (Fsp3) is 0.391. The molecule has 1 aliphatic heterocycles. The fourth-order valence-electron chi connectivity index (χ4n) is 3.50. The molecule has 154 valence electrons. The molecule has 1 atom stereocenters. The number of benzene rings is 2. The Morgan fingerprint density at radius 2 is 1.72 bits per heavy atom. The number of aliphatic hydroxyl groups excluding tert-OH is 1. The number of carbonyl (C=O) groups is 2. The highest BCUT2D eigenvalue weighted by Gasteiger charge is 2.20. The van der Waals surface area contributed by atoms with Crippen molar-refractivity contribution in [2.45, 2.75) is 39.0 Å². The molecule has 0 aromatic heterocycles. The van der Waals surface area contributed by atoms with Crippen molar-refractivity contribution in [1.82, 2.24) is 15.5 Å². The average Bonchev–Trinajstić information content (AvgIpc) is 3.15. The second-order valence-electron chi connectivity index (χ2n) is 7.47. The van der Waals surface area contributed by atoms with E-state index in [2.05, 4.69) is 21.6 Å². The summed E-state index contributed by atoms with van der Waals surface area (Å²) in [5, 5.41) is 15.5. The summed E-state index contributed by atoms with van der Waals surface area (Å²) >= 11 is 0. The Morgan fingerprint density at radius 1 is 1.03 bits per heavy atom. The van der Waals surface area contributed by atoms with Gasteiger partial charge in [0, 0.05) is 43.9 Å². The summed E-state index contributed by atoms with van der Waals surface area (Å²) in [6.45, 7) is 5.35. The Bertz CT molecular complexity index is 853. The normalized spacial score (nSPS) is 16.6. The number of carbonyl (C=O) groups excluding carboxylic acids is 2. The van der Waals surface area contributed by atoms with E-state index >= 15 is 0 Å². The summed E-state index contributed by atoms with van der Waals surface area (Å²) in [5.41, 5.74) is 3.15. The molecule has 2 aromatic carbocycles. The molecule has 29 heavy (non-hydrogen) atoms. The van der Waals surface area contributed by atoms with E-state index in [4.69, 9.17) is 0 Å². The van der Waals surface area contributed by atoms with Gasteiger partial charge in [-0.25, -0.2) is 0 Å². The Morgan fingerprint density at radius 3 is 2.38 bits per heavy atom. The SMILES string of the molecule is CCCNC(=O)c1cccc(C(=O)NCc2ccccc2CN2CC[C@@H](O)C2)c1. The third kappa shape index (κ3) is 5.89. The number of β-amino-alcohol motifs (C(OH)–C–C–N with tert-alkyl or cyclic N) is 1. The molecule has 0 aliphatic carbocycles. The summed E-state index contributed by atoms with van der Waals surface area (Å²) in [5.74, 6) is -0.374. The van der Waals surface area contributed by atoms with Crippen molar-refractivity contribution in [2.75, 3.05) is 19.6 Å². The van der Waals surface area contributed by atoms with E-state index in [1.54, 1.807) is 24.3 Å². The van der Waals surface area contributed by atoms with Gasteiger partial charge in [-0.3, -0.25) is 14.5 Å². The molecule has 1 heterocycles. The molecule has 6 nitrogen and oxygen atoms in total. The Kier molecular flexibility index (Phi) is 7.38. The number of likely N-dealkylation sites (tertiary alicyclic amines) is 1. The molecule has 1 saturated heterocycles. The molecule has 1 fully saturated rings. The van der Waals surface area contributed by atoms with Crippen LogP contribution >= 0.6 is 0 Å². The number of hydrogen-bond acceptors (Lipinski definition) is 4. The van der Waals surface area contributed by atoms with Crippen LogP contribution in [-0.4, -0.2) is 47.6 Å². The van der Waals surface area contributed by atoms with E-state index in [0.717, 1.165) is 37.1 Å². The van der Waals surface area contributed by atoms with E-state index in [-0.39, 0.29) is 17.9 Å². The fourth-order valence-corrected chi connectivity index (χ4v) is 3.50. The molecular weight excluding hydrogens is 366 g/mol. The van der Waals surface area contributed by atoms with Crippen LogP contribution in [0.2, 0.25) is 0 Å². The largest absolute Gasteiger partial charge is 0.392 e. The summed E-state index contributed by atoms with van der Waals surface area (Å²) in [4.78, 5) is 27.0. The zero-order valence-corrected chi connectivity index (χ0v) is 16.9. The van der Waals surface area contributed by atoms with Crippen LogP contribution in [0.4, 0.5) is 0 Å². The van der Waals surface area contributed by atoms with Crippen LogP contribution in [0.25, 0.3) is 0 Å².